The maximum atomic E-state index is 14.3. The summed E-state index contributed by atoms with van der Waals surface area (Å²) in [5, 5.41) is -0.00305. The average Bonchev–Trinajstić information content (AvgIpc) is 3.26. The van der Waals surface area contributed by atoms with E-state index in [0.29, 0.717) is 24.2 Å². The van der Waals surface area contributed by atoms with Crippen LogP contribution < -0.4 is 10.3 Å². The first-order valence-electron chi connectivity index (χ1n) is 11.5. The summed E-state index contributed by atoms with van der Waals surface area (Å²) in [6, 6.07) is 20.1. The summed E-state index contributed by atoms with van der Waals surface area (Å²) >= 11 is 0. The van der Waals surface area contributed by atoms with Gasteiger partial charge in [0.1, 0.15) is 11.4 Å². The van der Waals surface area contributed by atoms with E-state index in [-0.39, 0.29) is 34.7 Å². The van der Waals surface area contributed by atoms with Gasteiger partial charge in [-0.3, -0.25) is 14.4 Å². The fourth-order valence-corrected chi connectivity index (χ4v) is 5.40. The van der Waals surface area contributed by atoms with Crippen LogP contribution in [-0.4, -0.2) is 23.3 Å². The molecule has 0 radical (unpaired) electrons. The summed E-state index contributed by atoms with van der Waals surface area (Å²) in [6.07, 6.45) is 0.688. The maximum Gasteiger partial charge on any atom is 0.291 e. The first kappa shape index (κ1) is 21.3. The molecule has 174 valence electrons. The molecule has 1 unspecified atom stereocenters. The number of fused-ring (bicyclic) bond motifs is 5. The minimum absolute atomic E-state index is 0.00305. The van der Waals surface area contributed by atoms with Gasteiger partial charge in [0.25, 0.3) is 11.8 Å². The highest BCUT2D eigenvalue weighted by Gasteiger charge is 2.64. The minimum atomic E-state index is -1.70. The van der Waals surface area contributed by atoms with Gasteiger partial charge in [-0.1, -0.05) is 55.5 Å². The number of rotatable bonds is 4. The smallest absolute Gasteiger partial charge is 0.291 e. The van der Waals surface area contributed by atoms with Gasteiger partial charge in [-0.25, -0.2) is 4.39 Å². The molecule has 0 bridgehead atoms. The van der Waals surface area contributed by atoms with Crippen LogP contribution in [-0.2, 0) is 16.9 Å². The molecule has 6 rings (SSSR count). The molecule has 0 saturated carbocycles. The lowest BCUT2D eigenvalue weighted by Crippen LogP contribution is -2.53. The zero-order valence-corrected chi connectivity index (χ0v) is 19.0. The van der Waals surface area contributed by atoms with Gasteiger partial charge >= 0.3 is 0 Å². The molecule has 35 heavy (non-hydrogen) atoms. The van der Waals surface area contributed by atoms with Gasteiger partial charge in [0.15, 0.2) is 11.0 Å². The fraction of sp³-hybridized carbons (Fsp3) is 0.179. The number of para-hydroxylation sites is 1. The third kappa shape index (κ3) is 2.78. The highest BCUT2D eigenvalue weighted by Crippen LogP contribution is 2.53. The lowest BCUT2D eigenvalue weighted by molar-refractivity contribution is -0.126. The summed E-state index contributed by atoms with van der Waals surface area (Å²) in [5.41, 5.74) is -0.227. The number of hydrogen-bond donors (Lipinski definition) is 0. The molecule has 0 aliphatic carbocycles. The van der Waals surface area contributed by atoms with Crippen LogP contribution in [0.15, 0.2) is 82.0 Å². The van der Waals surface area contributed by atoms with Crippen LogP contribution in [0.1, 0.15) is 40.6 Å². The number of benzene rings is 3. The number of carbonyl (C=O) groups is 2. The normalized spacial score (nSPS) is 18.6. The summed E-state index contributed by atoms with van der Waals surface area (Å²) in [4.78, 5) is 45.2. The fourth-order valence-electron chi connectivity index (χ4n) is 5.40. The van der Waals surface area contributed by atoms with E-state index in [2.05, 4.69) is 0 Å². The minimum Gasteiger partial charge on any atom is -0.450 e. The molecule has 1 spiro atoms. The van der Waals surface area contributed by atoms with Crippen molar-refractivity contribution in [2.24, 2.45) is 0 Å². The Bertz CT molecular complexity index is 1580. The summed E-state index contributed by atoms with van der Waals surface area (Å²) < 4.78 is 20.1. The van der Waals surface area contributed by atoms with Crippen LogP contribution in [0.3, 0.4) is 0 Å². The Balaban J connectivity index is 1.71. The van der Waals surface area contributed by atoms with Gasteiger partial charge in [0.05, 0.1) is 16.6 Å². The molecular weight excluding hydrogens is 447 g/mol. The number of carbonyl (C=O) groups excluding carboxylic acids is 2. The second-order valence-electron chi connectivity index (χ2n) is 8.84. The van der Waals surface area contributed by atoms with E-state index in [0.717, 1.165) is 11.6 Å². The van der Waals surface area contributed by atoms with Crippen molar-refractivity contribution in [2.75, 3.05) is 11.4 Å². The molecule has 2 aliphatic heterocycles. The largest absolute Gasteiger partial charge is 0.450 e. The molecule has 2 aliphatic rings. The van der Waals surface area contributed by atoms with Gasteiger partial charge in [-0.2, -0.15) is 0 Å². The topological polar surface area (TPSA) is 70.8 Å². The Morgan fingerprint density at radius 1 is 0.943 bits per heavy atom. The zero-order valence-electron chi connectivity index (χ0n) is 19.0. The van der Waals surface area contributed by atoms with Crippen molar-refractivity contribution in [1.29, 1.82) is 0 Å². The van der Waals surface area contributed by atoms with Crippen LogP contribution in [0.5, 0.6) is 0 Å². The van der Waals surface area contributed by atoms with Crippen molar-refractivity contribution < 1.29 is 18.4 Å². The Morgan fingerprint density at radius 2 is 1.69 bits per heavy atom. The van der Waals surface area contributed by atoms with E-state index < -0.39 is 22.7 Å². The van der Waals surface area contributed by atoms with Gasteiger partial charge in [-0.05, 0) is 36.2 Å². The Morgan fingerprint density at radius 3 is 2.46 bits per heavy atom. The molecule has 1 atom stereocenters. The Labute approximate surface area is 200 Å². The van der Waals surface area contributed by atoms with E-state index in [9.17, 15) is 18.8 Å². The van der Waals surface area contributed by atoms with Gasteiger partial charge in [0.2, 0.25) is 5.76 Å². The highest BCUT2D eigenvalue weighted by atomic mass is 19.1. The molecule has 7 heteroatoms. The van der Waals surface area contributed by atoms with Crippen LogP contribution in [0.2, 0.25) is 0 Å². The third-order valence-electron chi connectivity index (χ3n) is 6.83. The van der Waals surface area contributed by atoms with Crippen molar-refractivity contribution in [2.45, 2.75) is 25.4 Å². The molecule has 6 nitrogen and oxygen atoms in total. The Kier molecular flexibility index (Phi) is 4.64. The van der Waals surface area contributed by atoms with Crippen molar-refractivity contribution in [3.63, 3.8) is 0 Å². The monoisotopic (exact) mass is 468 g/mol. The van der Waals surface area contributed by atoms with E-state index in [4.69, 9.17) is 4.42 Å². The molecule has 4 aromatic rings. The van der Waals surface area contributed by atoms with Crippen LogP contribution >= 0.6 is 0 Å². The van der Waals surface area contributed by atoms with Gasteiger partial charge in [-0.15, -0.1) is 0 Å². The summed E-state index contributed by atoms with van der Waals surface area (Å²) in [6.45, 7) is 2.48. The van der Waals surface area contributed by atoms with E-state index in [1.54, 1.807) is 17.0 Å². The predicted molar refractivity (Wildman–Crippen MR) is 129 cm³/mol. The number of anilines is 1. The van der Waals surface area contributed by atoms with E-state index >= 15 is 0 Å². The second kappa shape index (κ2) is 7.63. The van der Waals surface area contributed by atoms with Crippen molar-refractivity contribution >= 4 is 28.5 Å². The molecule has 1 aromatic heterocycles. The molecule has 0 N–H and O–H groups in total. The van der Waals surface area contributed by atoms with Crippen LogP contribution in [0.4, 0.5) is 10.1 Å². The van der Waals surface area contributed by atoms with Gasteiger partial charge < -0.3 is 14.2 Å². The van der Waals surface area contributed by atoms with E-state index in [1.807, 2.05) is 49.4 Å². The number of amides is 2. The number of nitrogens with zero attached hydrogens (tertiary/aromatic N) is 2. The molecule has 0 fully saturated rings. The van der Waals surface area contributed by atoms with Gasteiger partial charge in [0, 0.05) is 18.7 Å². The maximum absolute atomic E-state index is 14.3. The zero-order chi connectivity index (χ0) is 24.3. The first-order valence-corrected chi connectivity index (χ1v) is 11.5. The standard InChI is InChI=1S/C28H21FN2O4/c1-2-14-30-21-11-7-6-10-20(21)28(27(30)34)23-24(32)19-15-18(29)12-13-22(19)35-25(23)26(33)31(28)16-17-8-4-3-5-9-17/h3-13,15H,2,14,16H2,1H3. The Hall–Kier alpha value is -4.26. The van der Waals surface area contributed by atoms with Crippen molar-refractivity contribution in [3.05, 3.63) is 111 Å². The van der Waals surface area contributed by atoms with E-state index in [1.165, 1.54) is 17.0 Å². The third-order valence-corrected chi connectivity index (χ3v) is 6.83. The molecule has 0 saturated heterocycles. The number of hydrogen-bond acceptors (Lipinski definition) is 4. The lowest BCUT2D eigenvalue weighted by Gasteiger charge is -2.34. The quantitative estimate of drug-likeness (QED) is 0.439. The molecule has 3 heterocycles. The summed E-state index contributed by atoms with van der Waals surface area (Å²) in [7, 11) is 0. The number of halogens is 1. The van der Waals surface area contributed by atoms with Crippen LogP contribution in [0, 0.1) is 5.82 Å². The molecule has 2 amide bonds. The predicted octanol–water partition coefficient (Wildman–Crippen LogP) is 4.59. The van der Waals surface area contributed by atoms with Crippen molar-refractivity contribution in [3.8, 4) is 0 Å². The summed E-state index contributed by atoms with van der Waals surface area (Å²) in [5.74, 6) is -1.71. The average molecular weight is 468 g/mol. The second-order valence-corrected chi connectivity index (χ2v) is 8.84. The van der Waals surface area contributed by atoms with Crippen LogP contribution in [0.25, 0.3) is 11.0 Å². The SMILES string of the molecule is CCCN1C(=O)C2(c3ccccc31)c1c(oc3ccc(F)cc3c1=O)C(=O)N2Cc1ccccc1. The molecular formula is C28H21FN2O4. The molecule has 3 aromatic carbocycles. The first-order chi connectivity index (χ1) is 17.0. The lowest BCUT2D eigenvalue weighted by atomic mass is 9.83. The highest BCUT2D eigenvalue weighted by molar-refractivity contribution is 6.17. The van der Waals surface area contributed by atoms with Crippen molar-refractivity contribution in [1.82, 2.24) is 4.90 Å².